The molecule has 0 heterocycles. The Labute approximate surface area is 305 Å². The minimum atomic E-state index is -1.38. The molecule has 1 aromatic carbocycles. The Bertz CT molecular complexity index is 1030. The van der Waals surface area contributed by atoms with E-state index >= 15 is 0 Å². The summed E-state index contributed by atoms with van der Waals surface area (Å²) in [7, 11) is 6.21. The molecule has 0 bridgehead atoms. The maximum atomic E-state index is 4.93. The number of benzene rings is 1. The predicted octanol–water partition coefficient (Wildman–Crippen LogP) is 14.5. The topological polar surface area (TPSA) is 0 Å². The van der Waals surface area contributed by atoms with Crippen molar-refractivity contribution >= 4 is 40.3 Å². The van der Waals surface area contributed by atoms with Gasteiger partial charge in [0.25, 0.3) is 0 Å². The quantitative estimate of drug-likeness (QED) is 0.199. The van der Waals surface area contributed by atoms with Gasteiger partial charge < -0.3 is 14.9 Å². The Morgan fingerprint density at radius 3 is 1.69 bits per heavy atom. The van der Waals surface area contributed by atoms with Crippen molar-refractivity contribution in [2.45, 2.75) is 173 Å². The van der Waals surface area contributed by atoms with Crippen molar-refractivity contribution in [1.82, 2.24) is 0 Å². The van der Waals surface area contributed by atoms with Crippen LogP contribution in [0.3, 0.4) is 0 Å². The summed E-state index contributed by atoms with van der Waals surface area (Å²) in [5, 5.41) is 0. The molecule has 3 aliphatic rings. The van der Waals surface area contributed by atoms with E-state index in [1.807, 2.05) is 0 Å². The predicted molar refractivity (Wildman–Crippen MR) is 214 cm³/mol. The molecule has 6 heteroatoms. The van der Waals surface area contributed by atoms with Crippen molar-refractivity contribution < 1.29 is 20.8 Å². The molecular weight excluding hydrogens is 715 g/mol. The molecule has 3 saturated carbocycles. The molecule has 260 valence electrons. The van der Waals surface area contributed by atoms with Crippen LogP contribution in [-0.2, 0) is 31.7 Å². The standard InChI is InChI=1S/C37H68Si3.2CH3.2ClH.Zr/c1-26-20-34-32(28-22-29(36(2,3)4)24-30(23-28)37(5,6)7)16-15-17-33(34)35(26)40(13,14)39(11,12)31-19-18-27(21-31)25-38(8,9)10;;;;;/h22-24,26-27,31-35H,15-21,25H2,1-14H3;2*1H3;2*1H;/q;2*-1;;;+4/p-2. The van der Waals surface area contributed by atoms with Crippen LogP contribution in [0, 0.1) is 38.5 Å². The Hall–Kier alpha value is 1.33. The van der Waals surface area contributed by atoms with E-state index in [0.717, 1.165) is 40.7 Å². The summed E-state index contributed by atoms with van der Waals surface area (Å²) >= 11 is -0.826. The third kappa shape index (κ3) is 10.4. The molecule has 0 nitrogen and oxygen atoms in total. The zero-order chi connectivity index (χ0) is 32.8. The summed E-state index contributed by atoms with van der Waals surface area (Å²) in [6.45, 7) is 36.6. The maximum absolute atomic E-state index is 4.93. The van der Waals surface area contributed by atoms with Gasteiger partial charge in [-0.3, -0.25) is 0 Å². The van der Waals surface area contributed by atoms with Crippen LogP contribution in [0.4, 0.5) is 0 Å². The van der Waals surface area contributed by atoms with Gasteiger partial charge in [0.05, 0.1) is 0 Å². The SMILES string of the molecule is CC1CC2C(c3cc(C(C)(C)C)cc(C(C)(C)C)c3)CCCC2C1[Si](C)(C)[Si](C)(C)C1CCC(C[Si](C)(C)C)C1.[CH3-].[CH3-].[Cl][Zr+2][Cl]. The van der Waals surface area contributed by atoms with Crippen LogP contribution in [0.2, 0.25) is 63.0 Å². The van der Waals surface area contributed by atoms with E-state index in [1.54, 1.807) is 42.0 Å². The number of rotatable bonds is 6. The molecule has 0 N–H and O–H groups in total. The van der Waals surface area contributed by atoms with Gasteiger partial charge in [0.15, 0.2) is 0 Å². The molecule has 3 aliphatic carbocycles. The van der Waals surface area contributed by atoms with E-state index < -0.39 is 44.1 Å². The van der Waals surface area contributed by atoms with Crippen molar-refractivity contribution in [2.24, 2.45) is 23.7 Å². The fourth-order valence-corrected chi connectivity index (χ4v) is 27.1. The second-order valence-electron chi connectivity index (χ2n) is 19.6. The second-order valence-corrected chi connectivity index (χ2v) is 45.0. The van der Waals surface area contributed by atoms with Crippen molar-refractivity contribution in [3.63, 3.8) is 0 Å². The van der Waals surface area contributed by atoms with Gasteiger partial charge in [-0.15, -0.1) is 0 Å². The summed E-state index contributed by atoms with van der Waals surface area (Å²) in [5.74, 6) is 4.65. The van der Waals surface area contributed by atoms with E-state index in [4.69, 9.17) is 17.0 Å². The number of hydrogen-bond donors (Lipinski definition) is 0. The van der Waals surface area contributed by atoms with Crippen LogP contribution in [0.25, 0.3) is 0 Å². The molecule has 0 aliphatic heterocycles. The average molecular weight is 789 g/mol. The van der Waals surface area contributed by atoms with E-state index in [9.17, 15) is 0 Å². The molecule has 0 saturated heterocycles. The van der Waals surface area contributed by atoms with Gasteiger partial charge in [-0.2, -0.15) is 0 Å². The first-order chi connectivity index (χ1) is 19.5. The van der Waals surface area contributed by atoms with Gasteiger partial charge in [-0.25, -0.2) is 0 Å². The summed E-state index contributed by atoms with van der Waals surface area (Å²) < 4.78 is 0. The molecule has 0 radical (unpaired) electrons. The Morgan fingerprint density at radius 2 is 1.22 bits per heavy atom. The first kappa shape index (κ1) is 44.4. The Balaban J connectivity index is 0.00000195. The van der Waals surface area contributed by atoms with Crippen LogP contribution in [-0.4, -0.2) is 23.3 Å². The molecule has 7 unspecified atom stereocenters. The molecule has 4 rings (SSSR count). The molecule has 0 amide bonds. The van der Waals surface area contributed by atoms with E-state index in [1.165, 1.54) is 25.7 Å². The van der Waals surface area contributed by atoms with Gasteiger partial charge in [0, 0.05) is 23.3 Å². The minimum absolute atomic E-state index is 0. The van der Waals surface area contributed by atoms with Crippen molar-refractivity contribution in [2.75, 3.05) is 0 Å². The fraction of sp³-hybridized carbons (Fsp3) is 0.795. The normalized spacial score (nSPS) is 29.0. The molecule has 7 atom stereocenters. The number of halogens is 2. The summed E-state index contributed by atoms with van der Waals surface area (Å²) in [5.41, 5.74) is 7.35. The van der Waals surface area contributed by atoms with E-state index in [0.29, 0.717) is 0 Å². The molecular formula is C39H74Cl2Si3Zr. The van der Waals surface area contributed by atoms with Gasteiger partial charge in [0.1, 0.15) is 0 Å². The number of fused-ring (bicyclic) bond motifs is 1. The van der Waals surface area contributed by atoms with Crippen molar-refractivity contribution in [1.29, 1.82) is 0 Å². The summed E-state index contributed by atoms with van der Waals surface area (Å²) in [6, 6.07) is 9.41. The van der Waals surface area contributed by atoms with Gasteiger partial charge in [0.2, 0.25) is 0 Å². The van der Waals surface area contributed by atoms with Crippen LogP contribution in [0.5, 0.6) is 0 Å². The first-order valence-corrected chi connectivity index (χ1v) is 34.9. The Morgan fingerprint density at radius 1 is 0.711 bits per heavy atom. The first-order valence-electron chi connectivity index (χ1n) is 17.7. The number of hydrogen-bond acceptors (Lipinski definition) is 0. The van der Waals surface area contributed by atoms with Crippen molar-refractivity contribution in [3.05, 3.63) is 49.7 Å². The van der Waals surface area contributed by atoms with Gasteiger partial charge >= 0.3 is 37.9 Å². The third-order valence-corrected chi connectivity index (χ3v) is 35.5. The van der Waals surface area contributed by atoms with E-state index in [2.05, 4.69) is 112 Å². The molecule has 45 heavy (non-hydrogen) atoms. The second kappa shape index (κ2) is 16.6. The average Bonchev–Trinajstić information content (AvgIpc) is 3.45. The molecule has 3 fully saturated rings. The van der Waals surface area contributed by atoms with Gasteiger partial charge in [-0.05, 0) is 81.0 Å². The zero-order valence-electron chi connectivity index (χ0n) is 32.7. The van der Waals surface area contributed by atoms with Crippen molar-refractivity contribution in [3.8, 4) is 0 Å². The summed E-state index contributed by atoms with van der Waals surface area (Å²) in [4.78, 5) is 0. The van der Waals surface area contributed by atoms with Crippen LogP contribution < -0.4 is 0 Å². The monoisotopic (exact) mass is 786 g/mol. The van der Waals surface area contributed by atoms with Gasteiger partial charge in [-0.1, -0.05) is 151 Å². The van der Waals surface area contributed by atoms with Crippen LogP contribution in [0.15, 0.2) is 18.2 Å². The van der Waals surface area contributed by atoms with E-state index in [-0.39, 0.29) is 25.7 Å². The fourth-order valence-electron chi connectivity index (χ4n) is 10.2. The molecule has 1 aromatic rings. The third-order valence-electron chi connectivity index (χ3n) is 12.9. The summed E-state index contributed by atoms with van der Waals surface area (Å²) in [6.07, 6.45) is 10.6. The molecule has 0 spiro atoms. The van der Waals surface area contributed by atoms with Crippen LogP contribution >= 0.6 is 17.0 Å². The zero-order valence-corrected chi connectivity index (χ0v) is 39.7. The Kier molecular flexibility index (Phi) is 16.3. The molecule has 0 aromatic heterocycles. The van der Waals surface area contributed by atoms with Crippen LogP contribution in [0.1, 0.15) is 116 Å².